The number of hydrogen-bond donors (Lipinski definition) is 2. The van der Waals surface area contributed by atoms with Gasteiger partial charge in [0, 0.05) is 31.8 Å². The Morgan fingerprint density at radius 2 is 1.96 bits per heavy atom. The van der Waals surface area contributed by atoms with Crippen LogP contribution in [0.4, 0.5) is 5.82 Å². The number of nitrogens with zero attached hydrogens (tertiary/aromatic N) is 4. The first-order valence-electron chi connectivity index (χ1n) is 9.12. The lowest BCUT2D eigenvalue weighted by Gasteiger charge is -2.08. The number of hydrogen-bond acceptors (Lipinski definition) is 6. The summed E-state index contributed by atoms with van der Waals surface area (Å²) in [5.41, 5.74) is 2.03. The molecule has 3 aromatic rings. The third kappa shape index (κ3) is 5.54. The Morgan fingerprint density at radius 3 is 2.68 bits per heavy atom. The van der Waals surface area contributed by atoms with Crippen molar-refractivity contribution in [3.8, 4) is 11.6 Å². The van der Waals surface area contributed by atoms with Gasteiger partial charge in [-0.1, -0.05) is 12.1 Å². The van der Waals surface area contributed by atoms with Crippen LogP contribution in [0.3, 0.4) is 0 Å². The highest BCUT2D eigenvalue weighted by molar-refractivity contribution is 5.76. The second-order valence-corrected chi connectivity index (χ2v) is 6.29. The van der Waals surface area contributed by atoms with Crippen molar-refractivity contribution >= 4 is 11.7 Å². The van der Waals surface area contributed by atoms with E-state index in [1.165, 1.54) is 6.33 Å². The van der Waals surface area contributed by atoms with E-state index < -0.39 is 0 Å². The van der Waals surface area contributed by atoms with Crippen molar-refractivity contribution in [2.45, 2.75) is 19.8 Å². The molecule has 1 aromatic carbocycles. The van der Waals surface area contributed by atoms with E-state index in [1.807, 2.05) is 49.5 Å². The molecule has 0 saturated heterocycles. The minimum atomic E-state index is 0.0213. The van der Waals surface area contributed by atoms with Crippen LogP contribution in [0, 0.1) is 6.92 Å². The highest BCUT2D eigenvalue weighted by Crippen LogP contribution is 2.12. The molecule has 0 unspecified atom stereocenters. The Hall–Kier alpha value is -3.42. The van der Waals surface area contributed by atoms with E-state index in [0.29, 0.717) is 37.6 Å². The summed E-state index contributed by atoms with van der Waals surface area (Å²) in [5, 5.41) is 10.4. The summed E-state index contributed by atoms with van der Waals surface area (Å²) >= 11 is 0. The van der Waals surface area contributed by atoms with Crippen LogP contribution >= 0.6 is 0 Å². The van der Waals surface area contributed by atoms with Gasteiger partial charge in [-0.05, 0) is 37.1 Å². The second-order valence-electron chi connectivity index (χ2n) is 6.29. The predicted octanol–water partition coefficient (Wildman–Crippen LogP) is 2.14. The Labute approximate surface area is 164 Å². The predicted molar refractivity (Wildman–Crippen MR) is 107 cm³/mol. The molecule has 2 heterocycles. The van der Waals surface area contributed by atoms with Crippen LogP contribution in [0.1, 0.15) is 17.7 Å². The summed E-state index contributed by atoms with van der Waals surface area (Å²) in [6, 6.07) is 11.5. The number of aromatic nitrogens is 4. The number of carbonyl (C=O) groups is 1. The van der Waals surface area contributed by atoms with Gasteiger partial charge in [0.05, 0.1) is 12.8 Å². The molecule has 0 saturated carbocycles. The summed E-state index contributed by atoms with van der Waals surface area (Å²) in [7, 11) is 1.64. The first-order chi connectivity index (χ1) is 13.6. The lowest BCUT2D eigenvalue weighted by molar-refractivity contribution is -0.120. The first kappa shape index (κ1) is 19.3. The molecule has 0 radical (unpaired) electrons. The van der Waals surface area contributed by atoms with Gasteiger partial charge in [0.2, 0.25) is 5.91 Å². The molecule has 0 aliphatic rings. The number of rotatable bonds is 9. The van der Waals surface area contributed by atoms with Crippen molar-refractivity contribution in [1.82, 2.24) is 25.1 Å². The quantitative estimate of drug-likeness (QED) is 0.553. The average molecular weight is 380 g/mol. The van der Waals surface area contributed by atoms with Crippen molar-refractivity contribution in [3.05, 3.63) is 60.2 Å². The fraction of sp³-hybridized carbons (Fsp3) is 0.300. The maximum atomic E-state index is 12.0. The lowest BCUT2D eigenvalue weighted by Crippen LogP contribution is -2.29. The van der Waals surface area contributed by atoms with Gasteiger partial charge >= 0.3 is 0 Å². The van der Waals surface area contributed by atoms with Crippen LogP contribution < -0.4 is 15.4 Å². The third-order valence-corrected chi connectivity index (χ3v) is 4.16. The maximum absolute atomic E-state index is 12.0. The molecule has 3 rings (SSSR count). The van der Waals surface area contributed by atoms with E-state index in [4.69, 9.17) is 4.74 Å². The molecule has 0 aliphatic carbocycles. The number of amides is 1. The summed E-state index contributed by atoms with van der Waals surface area (Å²) in [4.78, 5) is 20.4. The number of carbonyl (C=O) groups excluding carboxylic acids is 1. The van der Waals surface area contributed by atoms with Gasteiger partial charge in [0.15, 0.2) is 5.82 Å². The zero-order chi connectivity index (χ0) is 19.8. The molecular formula is C20H24N6O2. The van der Waals surface area contributed by atoms with Crippen molar-refractivity contribution in [2.75, 3.05) is 25.5 Å². The molecular weight excluding hydrogens is 356 g/mol. The highest BCUT2D eigenvalue weighted by Gasteiger charge is 2.04. The average Bonchev–Trinajstić information content (AvgIpc) is 3.17. The number of aryl methyl sites for hydroxylation is 2. The summed E-state index contributed by atoms with van der Waals surface area (Å²) in [6.07, 6.45) is 4.48. The van der Waals surface area contributed by atoms with Gasteiger partial charge in [-0.3, -0.25) is 4.79 Å². The van der Waals surface area contributed by atoms with Crippen molar-refractivity contribution in [1.29, 1.82) is 0 Å². The SMILES string of the molecule is COc1ccc(CCC(=O)NCCNc2cc(-n3ccc(C)n3)ncn2)cc1. The lowest BCUT2D eigenvalue weighted by atomic mass is 10.1. The molecule has 28 heavy (non-hydrogen) atoms. The largest absolute Gasteiger partial charge is 0.497 e. The van der Waals surface area contributed by atoms with Gasteiger partial charge in [-0.15, -0.1) is 0 Å². The molecule has 8 nitrogen and oxygen atoms in total. The van der Waals surface area contributed by atoms with Crippen LogP contribution in [-0.2, 0) is 11.2 Å². The fourth-order valence-corrected chi connectivity index (χ4v) is 2.64. The smallest absolute Gasteiger partial charge is 0.220 e. The van der Waals surface area contributed by atoms with Crippen molar-refractivity contribution in [3.63, 3.8) is 0 Å². The Bertz CT molecular complexity index is 907. The third-order valence-electron chi connectivity index (χ3n) is 4.16. The van der Waals surface area contributed by atoms with Gasteiger partial charge in [-0.25, -0.2) is 14.6 Å². The molecule has 0 spiro atoms. The molecule has 146 valence electrons. The Balaban J connectivity index is 1.38. The van der Waals surface area contributed by atoms with Crippen LogP contribution in [0.15, 0.2) is 48.9 Å². The van der Waals surface area contributed by atoms with E-state index in [2.05, 4.69) is 25.7 Å². The van der Waals surface area contributed by atoms with Crippen LogP contribution in [0.2, 0.25) is 0 Å². The molecule has 2 aromatic heterocycles. The van der Waals surface area contributed by atoms with Crippen molar-refractivity contribution in [2.24, 2.45) is 0 Å². The fourth-order valence-electron chi connectivity index (χ4n) is 2.64. The van der Waals surface area contributed by atoms with Crippen LogP contribution in [0.25, 0.3) is 5.82 Å². The molecule has 0 bridgehead atoms. The molecule has 0 atom stereocenters. The summed E-state index contributed by atoms with van der Waals surface area (Å²) < 4.78 is 6.83. The normalized spacial score (nSPS) is 10.5. The Morgan fingerprint density at radius 1 is 1.14 bits per heavy atom. The van der Waals surface area contributed by atoms with E-state index in [-0.39, 0.29) is 5.91 Å². The van der Waals surface area contributed by atoms with E-state index in [0.717, 1.165) is 17.0 Å². The molecule has 2 N–H and O–H groups in total. The highest BCUT2D eigenvalue weighted by atomic mass is 16.5. The van der Waals surface area contributed by atoms with E-state index in [1.54, 1.807) is 11.8 Å². The molecule has 0 aliphatic heterocycles. The molecule has 0 fully saturated rings. The van der Waals surface area contributed by atoms with Crippen molar-refractivity contribution < 1.29 is 9.53 Å². The van der Waals surface area contributed by atoms with Gasteiger partial charge < -0.3 is 15.4 Å². The standard InChI is InChI=1S/C20H24N6O2/c1-15-9-12-26(25-15)19-13-18(23-14-24-19)21-10-11-22-20(27)8-5-16-3-6-17(28-2)7-4-16/h3-4,6-7,9,12-14H,5,8,10-11H2,1-2H3,(H,22,27)(H,21,23,24). The topological polar surface area (TPSA) is 94.0 Å². The monoisotopic (exact) mass is 380 g/mol. The molecule has 8 heteroatoms. The van der Waals surface area contributed by atoms with Crippen LogP contribution in [0.5, 0.6) is 5.75 Å². The first-order valence-corrected chi connectivity index (χ1v) is 9.12. The molecule has 1 amide bonds. The Kier molecular flexibility index (Phi) is 6.56. The zero-order valence-electron chi connectivity index (χ0n) is 16.1. The number of methoxy groups -OCH3 is 1. The second kappa shape index (κ2) is 9.50. The van der Waals surface area contributed by atoms with E-state index in [9.17, 15) is 4.79 Å². The van der Waals surface area contributed by atoms with Gasteiger partial charge in [-0.2, -0.15) is 5.10 Å². The summed E-state index contributed by atoms with van der Waals surface area (Å²) in [6.45, 7) is 3.01. The summed E-state index contributed by atoms with van der Waals surface area (Å²) in [5.74, 6) is 2.21. The number of ether oxygens (including phenoxy) is 1. The van der Waals surface area contributed by atoms with E-state index >= 15 is 0 Å². The van der Waals surface area contributed by atoms with Gasteiger partial charge in [0.1, 0.15) is 17.9 Å². The number of nitrogens with one attached hydrogen (secondary N) is 2. The van der Waals surface area contributed by atoms with Gasteiger partial charge in [0.25, 0.3) is 0 Å². The minimum absolute atomic E-state index is 0.0213. The minimum Gasteiger partial charge on any atom is -0.497 e. The number of anilines is 1. The zero-order valence-corrected chi connectivity index (χ0v) is 16.1. The number of benzene rings is 1. The maximum Gasteiger partial charge on any atom is 0.220 e. The van der Waals surface area contributed by atoms with Crippen LogP contribution in [-0.4, -0.2) is 45.9 Å².